The molecule has 0 bridgehead atoms. The molecule has 0 aliphatic rings. The van der Waals surface area contributed by atoms with Crippen LogP contribution in [0.15, 0.2) is 188 Å². The summed E-state index contributed by atoms with van der Waals surface area (Å²) in [5.41, 5.74) is 12.5. The Bertz CT molecular complexity index is 3510. The third-order valence-corrected chi connectivity index (χ3v) is 13.5. The van der Waals surface area contributed by atoms with E-state index in [9.17, 15) is 0 Å². The van der Waals surface area contributed by atoms with Crippen LogP contribution in [0.4, 0.5) is 0 Å². The van der Waals surface area contributed by atoms with E-state index in [-0.39, 0.29) is 0 Å². The lowest BCUT2D eigenvalue weighted by molar-refractivity contribution is 1.18. The molecule has 4 heterocycles. The molecule has 0 aliphatic heterocycles. The van der Waals surface area contributed by atoms with Gasteiger partial charge in [0.15, 0.2) is 5.82 Å². The molecular formula is C52H31N3S2. The summed E-state index contributed by atoms with van der Waals surface area (Å²) in [5.74, 6) is 0.747. The maximum Gasteiger partial charge on any atom is 0.161 e. The fourth-order valence-electron chi connectivity index (χ4n) is 8.57. The molecule has 12 rings (SSSR count). The Balaban J connectivity index is 1.06. The summed E-state index contributed by atoms with van der Waals surface area (Å²) in [6.07, 6.45) is 0. The lowest BCUT2D eigenvalue weighted by atomic mass is 9.99. The van der Waals surface area contributed by atoms with Crippen molar-refractivity contribution in [3.8, 4) is 50.6 Å². The molecule has 0 radical (unpaired) electrons. The van der Waals surface area contributed by atoms with E-state index in [1.165, 1.54) is 68.9 Å². The van der Waals surface area contributed by atoms with Crippen LogP contribution in [0, 0.1) is 0 Å². The highest BCUT2D eigenvalue weighted by atomic mass is 32.1. The molecule has 5 heteroatoms. The van der Waals surface area contributed by atoms with Gasteiger partial charge in [-0.3, -0.25) is 0 Å². The van der Waals surface area contributed by atoms with Crippen molar-refractivity contribution in [3.05, 3.63) is 188 Å². The van der Waals surface area contributed by atoms with Crippen LogP contribution in [0.2, 0.25) is 0 Å². The van der Waals surface area contributed by atoms with E-state index in [0.717, 1.165) is 43.9 Å². The number of benzene rings is 8. The Morgan fingerprint density at radius 1 is 0.386 bits per heavy atom. The molecule has 0 aliphatic carbocycles. The van der Waals surface area contributed by atoms with Gasteiger partial charge >= 0.3 is 0 Å². The van der Waals surface area contributed by atoms with Gasteiger partial charge in [-0.25, -0.2) is 9.97 Å². The van der Waals surface area contributed by atoms with Gasteiger partial charge in [0, 0.05) is 57.8 Å². The summed E-state index contributed by atoms with van der Waals surface area (Å²) >= 11 is 3.61. The Labute approximate surface area is 336 Å². The van der Waals surface area contributed by atoms with E-state index >= 15 is 0 Å². The van der Waals surface area contributed by atoms with E-state index in [1.807, 2.05) is 11.3 Å². The molecule has 0 saturated heterocycles. The summed E-state index contributed by atoms with van der Waals surface area (Å²) in [4.78, 5) is 10.9. The average molecular weight is 762 g/mol. The maximum atomic E-state index is 5.46. The van der Waals surface area contributed by atoms with Gasteiger partial charge < -0.3 is 4.57 Å². The van der Waals surface area contributed by atoms with Crippen molar-refractivity contribution in [3.63, 3.8) is 0 Å². The number of hydrogen-bond donors (Lipinski definition) is 0. The third-order valence-electron chi connectivity index (χ3n) is 11.2. The largest absolute Gasteiger partial charge is 0.309 e. The lowest BCUT2D eigenvalue weighted by Gasteiger charge is -2.09. The van der Waals surface area contributed by atoms with Crippen molar-refractivity contribution in [2.24, 2.45) is 0 Å². The van der Waals surface area contributed by atoms with E-state index in [0.29, 0.717) is 0 Å². The van der Waals surface area contributed by atoms with Crippen LogP contribution >= 0.6 is 22.7 Å². The predicted molar refractivity (Wildman–Crippen MR) is 244 cm³/mol. The van der Waals surface area contributed by atoms with Crippen LogP contribution in [0.3, 0.4) is 0 Å². The zero-order chi connectivity index (χ0) is 37.5. The van der Waals surface area contributed by atoms with Gasteiger partial charge in [-0.1, -0.05) is 127 Å². The Hall–Kier alpha value is -6.92. The minimum absolute atomic E-state index is 0.747. The van der Waals surface area contributed by atoms with E-state index in [4.69, 9.17) is 9.97 Å². The van der Waals surface area contributed by atoms with Gasteiger partial charge in [-0.05, 0) is 82.9 Å². The first-order valence-electron chi connectivity index (χ1n) is 19.1. The highest BCUT2D eigenvalue weighted by molar-refractivity contribution is 7.26. The minimum atomic E-state index is 0.747. The summed E-state index contributed by atoms with van der Waals surface area (Å²) < 4.78 is 7.17. The zero-order valence-electron chi connectivity index (χ0n) is 30.6. The summed E-state index contributed by atoms with van der Waals surface area (Å²) in [6, 6.07) is 67.7. The molecule has 8 aromatic carbocycles. The zero-order valence-corrected chi connectivity index (χ0v) is 32.2. The Morgan fingerprint density at radius 2 is 1.00 bits per heavy atom. The highest BCUT2D eigenvalue weighted by Gasteiger charge is 2.20. The molecule has 0 atom stereocenters. The summed E-state index contributed by atoms with van der Waals surface area (Å²) in [5, 5.41) is 6.08. The van der Waals surface area contributed by atoms with Crippen LogP contribution < -0.4 is 0 Å². The number of fused-ring (bicyclic) bond motifs is 9. The molecule has 4 aromatic heterocycles. The van der Waals surface area contributed by atoms with E-state index < -0.39 is 0 Å². The van der Waals surface area contributed by atoms with Gasteiger partial charge in [-0.15, -0.1) is 22.7 Å². The second-order valence-electron chi connectivity index (χ2n) is 14.5. The number of nitrogens with zero attached hydrogens (tertiary/aromatic N) is 3. The standard InChI is InChI=1S/C52H31N3S2/c1-4-13-32(14-5-1)34-24-28-46-42(31-34)50-51(57-46)49(33-15-6-2-7-16-33)53-52(54-50)39-20-12-22-47-48(39)41-30-36(25-27-45(41)56-47)35-23-26-44-40(29-35)38-19-10-11-21-43(38)55(44)37-17-8-3-9-18-37/h1-31H. The molecule has 3 nitrogen and oxygen atoms in total. The quantitative estimate of drug-likeness (QED) is 0.175. The first-order valence-corrected chi connectivity index (χ1v) is 20.8. The fourth-order valence-corrected chi connectivity index (χ4v) is 10.8. The number of aromatic nitrogens is 3. The molecule has 0 saturated carbocycles. The van der Waals surface area contributed by atoms with Crippen molar-refractivity contribution in [2.45, 2.75) is 0 Å². The summed E-state index contributed by atoms with van der Waals surface area (Å²) in [7, 11) is 0. The van der Waals surface area contributed by atoms with Crippen LogP contribution in [0.5, 0.6) is 0 Å². The molecule has 0 fully saturated rings. The molecule has 0 unspecified atom stereocenters. The SMILES string of the molecule is c1ccc(-c2ccc3sc4c(-c5ccccc5)nc(-c5cccc6sc7ccc(-c8ccc9c(c8)c8ccccc8n9-c8ccccc8)cc7c56)nc4c3c2)cc1. The topological polar surface area (TPSA) is 30.7 Å². The van der Waals surface area contributed by atoms with Crippen molar-refractivity contribution in [1.29, 1.82) is 0 Å². The number of hydrogen-bond acceptors (Lipinski definition) is 4. The predicted octanol–water partition coefficient (Wildman–Crippen LogP) is 15.0. The smallest absolute Gasteiger partial charge is 0.161 e. The Morgan fingerprint density at radius 3 is 1.79 bits per heavy atom. The van der Waals surface area contributed by atoms with Gasteiger partial charge in [0.25, 0.3) is 0 Å². The minimum Gasteiger partial charge on any atom is -0.309 e. The lowest BCUT2D eigenvalue weighted by Crippen LogP contribution is -1.94. The normalized spacial score (nSPS) is 11.9. The third kappa shape index (κ3) is 5.17. The van der Waals surface area contributed by atoms with Crippen LogP contribution in [0.25, 0.3) is 113 Å². The molecule has 0 amide bonds. The second-order valence-corrected chi connectivity index (χ2v) is 16.7. The van der Waals surface area contributed by atoms with Gasteiger partial charge in [0.1, 0.15) is 0 Å². The maximum absolute atomic E-state index is 5.46. The van der Waals surface area contributed by atoms with Crippen molar-refractivity contribution >= 4 is 85.0 Å². The van der Waals surface area contributed by atoms with Gasteiger partial charge in [-0.2, -0.15) is 0 Å². The summed E-state index contributed by atoms with van der Waals surface area (Å²) in [6.45, 7) is 0. The monoisotopic (exact) mass is 761 g/mol. The molecule has 57 heavy (non-hydrogen) atoms. The molecule has 266 valence electrons. The van der Waals surface area contributed by atoms with E-state index in [1.54, 1.807) is 11.3 Å². The van der Waals surface area contributed by atoms with Crippen molar-refractivity contribution < 1.29 is 0 Å². The van der Waals surface area contributed by atoms with Gasteiger partial charge in [0.05, 0.1) is 26.9 Å². The van der Waals surface area contributed by atoms with Crippen molar-refractivity contribution in [1.82, 2.24) is 14.5 Å². The number of rotatable bonds is 5. The number of thiophene rings is 2. The first-order chi connectivity index (χ1) is 28.2. The highest BCUT2D eigenvalue weighted by Crippen LogP contribution is 2.45. The molecule has 12 aromatic rings. The average Bonchev–Trinajstić information content (AvgIpc) is 3.96. The van der Waals surface area contributed by atoms with Crippen LogP contribution in [-0.2, 0) is 0 Å². The van der Waals surface area contributed by atoms with Crippen molar-refractivity contribution in [2.75, 3.05) is 0 Å². The second kappa shape index (κ2) is 12.8. The first kappa shape index (κ1) is 32.3. The molecule has 0 spiro atoms. The van der Waals surface area contributed by atoms with E-state index in [2.05, 4.69) is 193 Å². The van der Waals surface area contributed by atoms with Crippen LogP contribution in [-0.4, -0.2) is 14.5 Å². The fraction of sp³-hybridized carbons (Fsp3) is 0. The molecule has 0 N–H and O–H groups in total. The Kier molecular flexibility index (Phi) is 7.27. The van der Waals surface area contributed by atoms with Crippen LogP contribution in [0.1, 0.15) is 0 Å². The van der Waals surface area contributed by atoms with Gasteiger partial charge in [0.2, 0.25) is 0 Å². The number of para-hydroxylation sites is 2. The molecular weight excluding hydrogens is 731 g/mol.